The second-order valence-corrected chi connectivity index (χ2v) is 5.89. The van der Waals surface area contributed by atoms with Crippen molar-refractivity contribution in [3.63, 3.8) is 0 Å². The number of para-hydroxylation sites is 2. The van der Waals surface area contributed by atoms with Crippen molar-refractivity contribution in [1.82, 2.24) is 0 Å². The Bertz CT molecular complexity index is 876. The highest BCUT2D eigenvalue weighted by molar-refractivity contribution is 6.39. The SMILES string of the molecule is O=[N+]([O-])c1cc(Cl)c(-c2ccccc2Nc2ccccc2)c(Cl)c1. The maximum absolute atomic E-state index is 10.9. The lowest BCUT2D eigenvalue weighted by Gasteiger charge is -2.14. The fourth-order valence-corrected chi connectivity index (χ4v) is 3.09. The van der Waals surface area contributed by atoms with Gasteiger partial charge in [0.15, 0.2) is 0 Å². The van der Waals surface area contributed by atoms with Gasteiger partial charge in [-0.1, -0.05) is 59.6 Å². The third-order valence-corrected chi connectivity index (χ3v) is 4.08. The van der Waals surface area contributed by atoms with Crippen molar-refractivity contribution in [3.8, 4) is 11.1 Å². The van der Waals surface area contributed by atoms with Gasteiger partial charge < -0.3 is 5.32 Å². The Balaban J connectivity index is 2.09. The topological polar surface area (TPSA) is 55.2 Å². The summed E-state index contributed by atoms with van der Waals surface area (Å²) < 4.78 is 0. The van der Waals surface area contributed by atoms with Crippen molar-refractivity contribution in [2.75, 3.05) is 5.32 Å². The van der Waals surface area contributed by atoms with Gasteiger partial charge in [-0.2, -0.15) is 0 Å². The highest BCUT2D eigenvalue weighted by atomic mass is 35.5. The smallest absolute Gasteiger partial charge is 0.272 e. The zero-order chi connectivity index (χ0) is 17.1. The zero-order valence-corrected chi connectivity index (χ0v) is 13.9. The average Bonchev–Trinajstić information content (AvgIpc) is 2.56. The van der Waals surface area contributed by atoms with E-state index in [-0.39, 0.29) is 15.7 Å². The van der Waals surface area contributed by atoms with Crippen LogP contribution in [-0.2, 0) is 0 Å². The highest BCUT2D eigenvalue weighted by Gasteiger charge is 2.18. The van der Waals surface area contributed by atoms with Crippen LogP contribution in [0.25, 0.3) is 11.1 Å². The fourth-order valence-electron chi connectivity index (χ4n) is 2.41. The van der Waals surface area contributed by atoms with Crippen molar-refractivity contribution in [1.29, 1.82) is 0 Å². The van der Waals surface area contributed by atoms with Gasteiger partial charge in [-0.05, 0) is 18.2 Å². The Morgan fingerprint density at radius 1 is 0.875 bits per heavy atom. The summed E-state index contributed by atoms with van der Waals surface area (Å²) >= 11 is 12.5. The predicted octanol–water partition coefficient (Wildman–Crippen LogP) is 6.31. The minimum Gasteiger partial charge on any atom is -0.355 e. The normalized spacial score (nSPS) is 10.4. The van der Waals surface area contributed by atoms with E-state index >= 15 is 0 Å². The largest absolute Gasteiger partial charge is 0.355 e. The van der Waals surface area contributed by atoms with Crippen LogP contribution >= 0.6 is 23.2 Å². The number of nitrogens with one attached hydrogen (secondary N) is 1. The van der Waals surface area contributed by atoms with Gasteiger partial charge in [-0.3, -0.25) is 10.1 Å². The monoisotopic (exact) mass is 358 g/mol. The molecule has 6 heteroatoms. The molecule has 3 aromatic rings. The lowest BCUT2D eigenvalue weighted by Crippen LogP contribution is -1.95. The van der Waals surface area contributed by atoms with E-state index in [1.807, 2.05) is 54.6 Å². The highest BCUT2D eigenvalue weighted by Crippen LogP contribution is 2.41. The number of hydrogen-bond donors (Lipinski definition) is 1. The van der Waals surface area contributed by atoms with E-state index in [1.165, 1.54) is 12.1 Å². The van der Waals surface area contributed by atoms with Gasteiger partial charge in [0.05, 0.1) is 15.0 Å². The number of non-ortho nitro benzene ring substituents is 1. The molecular formula is C18H12Cl2N2O2. The Morgan fingerprint density at radius 3 is 2.08 bits per heavy atom. The summed E-state index contributed by atoms with van der Waals surface area (Å²) in [6.45, 7) is 0. The van der Waals surface area contributed by atoms with Crippen LogP contribution in [0.2, 0.25) is 10.0 Å². The molecule has 120 valence electrons. The maximum atomic E-state index is 10.9. The van der Waals surface area contributed by atoms with E-state index in [4.69, 9.17) is 23.2 Å². The molecule has 0 unspecified atom stereocenters. The molecule has 0 aliphatic heterocycles. The first kappa shape index (κ1) is 16.3. The lowest BCUT2D eigenvalue weighted by atomic mass is 10.0. The van der Waals surface area contributed by atoms with Gasteiger partial charge >= 0.3 is 0 Å². The quantitative estimate of drug-likeness (QED) is 0.438. The molecular weight excluding hydrogens is 347 g/mol. The number of halogens is 2. The first-order chi connectivity index (χ1) is 11.6. The van der Waals surface area contributed by atoms with Crippen LogP contribution in [0, 0.1) is 10.1 Å². The van der Waals surface area contributed by atoms with Gasteiger partial charge in [0.2, 0.25) is 0 Å². The average molecular weight is 359 g/mol. The van der Waals surface area contributed by atoms with Crippen molar-refractivity contribution in [2.45, 2.75) is 0 Å². The molecule has 0 aliphatic carbocycles. The third-order valence-electron chi connectivity index (χ3n) is 3.49. The molecule has 0 spiro atoms. The molecule has 0 saturated carbocycles. The minimum atomic E-state index is -0.518. The molecule has 3 aromatic carbocycles. The molecule has 0 amide bonds. The van der Waals surface area contributed by atoms with E-state index in [9.17, 15) is 10.1 Å². The van der Waals surface area contributed by atoms with Crippen LogP contribution in [-0.4, -0.2) is 4.92 Å². The molecule has 4 nitrogen and oxygen atoms in total. The molecule has 3 rings (SSSR count). The number of nitro groups is 1. The predicted molar refractivity (Wildman–Crippen MR) is 98.3 cm³/mol. The minimum absolute atomic E-state index is 0.137. The summed E-state index contributed by atoms with van der Waals surface area (Å²) in [5.74, 6) is 0. The summed E-state index contributed by atoms with van der Waals surface area (Å²) in [5, 5.41) is 14.7. The van der Waals surface area contributed by atoms with E-state index < -0.39 is 4.92 Å². The van der Waals surface area contributed by atoms with Crippen LogP contribution in [0.5, 0.6) is 0 Å². The van der Waals surface area contributed by atoms with E-state index in [2.05, 4.69) is 5.32 Å². The van der Waals surface area contributed by atoms with Gasteiger partial charge in [-0.15, -0.1) is 0 Å². The van der Waals surface area contributed by atoms with Crippen LogP contribution in [0.1, 0.15) is 0 Å². The van der Waals surface area contributed by atoms with E-state index in [1.54, 1.807) is 0 Å². The van der Waals surface area contributed by atoms with Gasteiger partial charge in [0.25, 0.3) is 5.69 Å². The van der Waals surface area contributed by atoms with Gasteiger partial charge in [0, 0.05) is 34.6 Å². The summed E-state index contributed by atoms with van der Waals surface area (Å²) in [6.07, 6.45) is 0. The summed E-state index contributed by atoms with van der Waals surface area (Å²) in [7, 11) is 0. The van der Waals surface area contributed by atoms with Crippen molar-refractivity contribution in [3.05, 3.63) is 86.9 Å². The van der Waals surface area contributed by atoms with E-state index in [0.29, 0.717) is 5.56 Å². The molecule has 0 heterocycles. The molecule has 0 bridgehead atoms. The summed E-state index contributed by atoms with van der Waals surface area (Å²) in [6, 6.07) is 19.8. The molecule has 0 aliphatic rings. The Kier molecular flexibility index (Phi) is 4.69. The zero-order valence-electron chi connectivity index (χ0n) is 12.4. The molecule has 0 radical (unpaired) electrons. The van der Waals surface area contributed by atoms with Crippen molar-refractivity contribution in [2.24, 2.45) is 0 Å². The third kappa shape index (κ3) is 3.35. The first-order valence-electron chi connectivity index (χ1n) is 7.11. The number of nitrogens with zero attached hydrogens (tertiary/aromatic N) is 1. The maximum Gasteiger partial charge on any atom is 0.272 e. The first-order valence-corrected chi connectivity index (χ1v) is 7.87. The van der Waals surface area contributed by atoms with Crippen LogP contribution < -0.4 is 5.32 Å². The lowest BCUT2D eigenvalue weighted by molar-refractivity contribution is -0.384. The Hall–Kier alpha value is -2.56. The number of nitro benzene ring substituents is 1. The number of benzene rings is 3. The van der Waals surface area contributed by atoms with Crippen LogP contribution in [0.15, 0.2) is 66.7 Å². The van der Waals surface area contributed by atoms with Crippen LogP contribution in [0.4, 0.5) is 17.1 Å². The Labute approximate surface area is 148 Å². The van der Waals surface area contributed by atoms with Gasteiger partial charge in [-0.25, -0.2) is 0 Å². The van der Waals surface area contributed by atoms with Crippen molar-refractivity contribution >= 4 is 40.3 Å². The second-order valence-electron chi connectivity index (χ2n) is 5.08. The van der Waals surface area contributed by atoms with Crippen LogP contribution in [0.3, 0.4) is 0 Å². The standard InChI is InChI=1S/C18H12Cl2N2O2/c19-15-10-13(22(23)24)11-16(20)18(15)14-8-4-5-9-17(14)21-12-6-2-1-3-7-12/h1-11,21H. The molecule has 1 N–H and O–H groups in total. The van der Waals surface area contributed by atoms with Crippen molar-refractivity contribution < 1.29 is 4.92 Å². The molecule has 24 heavy (non-hydrogen) atoms. The summed E-state index contributed by atoms with van der Waals surface area (Å²) in [4.78, 5) is 10.4. The summed E-state index contributed by atoms with van der Waals surface area (Å²) in [5.41, 5.74) is 2.91. The molecule has 0 aromatic heterocycles. The molecule has 0 saturated heterocycles. The second kappa shape index (κ2) is 6.91. The number of hydrogen-bond acceptors (Lipinski definition) is 3. The van der Waals surface area contributed by atoms with E-state index in [0.717, 1.165) is 16.9 Å². The fraction of sp³-hybridized carbons (Fsp3) is 0. The Morgan fingerprint density at radius 2 is 1.46 bits per heavy atom. The molecule has 0 fully saturated rings. The number of anilines is 2. The number of rotatable bonds is 4. The molecule has 0 atom stereocenters. The van der Waals surface area contributed by atoms with Gasteiger partial charge in [0.1, 0.15) is 0 Å².